The van der Waals surface area contributed by atoms with E-state index in [-0.39, 0.29) is 5.91 Å². The summed E-state index contributed by atoms with van der Waals surface area (Å²) in [4.78, 5) is 18.5. The summed E-state index contributed by atoms with van der Waals surface area (Å²) in [5.74, 6) is 0.894. The Labute approximate surface area is 150 Å². The fraction of sp³-hybridized carbons (Fsp3) is 0.263. The van der Waals surface area contributed by atoms with Crippen LogP contribution in [-0.2, 0) is 11.8 Å². The number of thioether (sulfide) groups is 1. The lowest BCUT2D eigenvalue weighted by molar-refractivity contribution is -0.118. The van der Waals surface area contributed by atoms with Gasteiger partial charge in [0.15, 0.2) is 4.80 Å². The molecule has 0 aliphatic heterocycles. The van der Waals surface area contributed by atoms with Crippen LogP contribution in [0.5, 0.6) is 0 Å². The van der Waals surface area contributed by atoms with E-state index in [0.29, 0.717) is 6.42 Å². The van der Waals surface area contributed by atoms with E-state index >= 15 is 0 Å². The topological polar surface area (TPSA) is 34.4 Å². The molecule has 0 atom stereocenters. The molecule has 0 N–H and O–H groups in total. The van der Waals surface area contributed by atoms with Crippen molar-refractivity contribution in [3.8, 4) is 0 Å². The number of carbonyl (C=O) groups excluding carboxylic acids is 1. The molecular formula is C19H20N2OS2. The Kier molecular flexibility index (Phi) is 5.53. The first-order valence-corrected chi connectivity index (χ1v) is 9.75. The second-order valence-electron chi connectivity index (χ2n) is 5.69. The van der Waals surface area contributed by atoms with Crippen molar-refractivity contribution in [2.75, 3.05) is 5.75 Å². The highest BCUT2D eigenvalue weighted by Gasteiger charge is 2.05. The third-order valence-electron chi connectivity index (χ3n) is 3.73. The number of hydrogen-bond acceptors (Lipinski definition) is 3. The third kappa shape index (κ3) is 4.16. The molecule has 3 rings (SSSR count). The van der Waals surface area contributed by atoms with Crippen LogP contribution < -0.4 is 4.80 Å². The van der Waals surface area contributed by atoms with E-state index in [1.807, 2.05) is 29.8 Å². The number of fused-ring (bicyclic) bond motifs is 1. The Hall–Kier alpha value is -1.85. The van der Waals surface area contributed by atoms with Crippen molar-refractivity contribution in [2.24, 2.45) is 12.0 Å². The molecule has 1 amide bonds. The van der Waals surface area contributed by atoms with E-state index in [2.05, 4.69) is 42.2 Å². The monoisotopic (exact) mass is 356 g/mol. The zero-order chi connectivity index (χ0) is 16.9. The van der Waals surface area contributed by atoms with Crippen LogP contribution >= 0.6 is 23.1 Å². The minimum Gasteiger partial charge on any atom is -0.319 e. The molecule has 1 aromatic heterocycles. The SMILES string of the molecule is Cc1ccc2c(c1)sc(=NC(=O)CCCSc1ccccc1)n2C. The number of aromatic nitrogens is 1. The molecule has 0 aliphatic carbocycles. The second kappa shape index (κ2) is 7.81. The maximum atomic E-state index is 12.1. The van der Waals surface area contributed by atoms with Crippen LogP contribution in [0.25, 0.3) is 10.2 Å². The Bertz CT molecular complexity index is 910. The summed E-state index contributed by atoms with van der Waals surface area (Å²) < 4.78 is 3.17. The Morgan fingerprint density at radius 2 is 2.00 bits per heavy atom. The number of rotatable bonds is 5. The van der Waals surface area contributed by atoms with Crippen molar-refractivity contribution in [1.82, 2.24) is 4.57 Å². The zero-order valence-corrected chi connectivity index (χ0v) is 15.5. The van der Waals surface area contributed by atoms with E-state index < -0.39 is 0 Å². The fourth-order valence-electron chi connectivity index (χ4n) is 2.44. The summed E-state index contributed by atoms with van der Waals surface area (Å²) in [6, 6.07) is 16.6. The molecule has 0 radical (unpaired) electrons. The van der Waals surface area contributed by atoms with Crippen molar-refractivity contribution in [2.45, 2.75) is 24.7 Å². The van der Waals surface area contributed by atoms with Crippen molar-refractivity contribution in [3.05, 3.63) is 58.9 Å². The summed E-state index contributed by atoms with van der Waals surface area (Å²) in [6.45, 7) is 2.07. The predicted molar refractivity (Wildman–Crippen MR) is 103 cm³/mol. The number of carbonyl (C=O) groups is 1. The number of aryl methyl sites for hydroxylation is 2. The van der Waals surface area contributed by atoms with Crippen molar-refractivity contribution in [3.63, 3.8) is 0 Å². The molecule has 3 nitrogen and oxygen atoms in total. The van der Waals surface area contributed by atoms with Gasteiger partial charge in [-0.2, -0.15) is 4.99 Å². The highest BCUT2D eigenvalue weighted by molar-refractivity contribution is 7.99. The van der Waals surface area contributed by atoms with Gasteiger partial charge in [0.25, 0.3) is 0 Å². The molecule has 2 aromatic carbocycles. The summed E-state index contributed by atoms with van der Waals surface area (Å²) in [6.07, 6.45) is 1.34. The summed E-state index contributed by atoms with van der Waals surface area (Å²) in [7, 11) is 1.96. The van der Waals surface area contributed by atoms with E-state index in [4.69, 9.17) is 0 Å². The normalized spacial score (nSPS) is 12.0. The van der Waals surface area contributed by atoms with Gasteiger partial charge in [-0.05, 0) is 48.9 Å². The second-order valence-corrected chi connectivity index (χ2v) is 7.86. The maximum Gasteiger partial charge on any atom is 0.248 e. The van der Waals surface area contributed by atoms with Crippen LogP contribution in [0.15, 0.2) is 58.4 Å². The lowest BCUT2D eigenvalue weighted by Crippen LogP contribution is -2.13. The molecule has 0 aliphatic rings. The summed E-state index contributed by atoms with van der Waals surface area (Å²) >= 11 is 3.35. The van der Waals surface area contributed by atoms with Gasteiger partial charge in [0.05, 0.1) is 10.2 Å². The van der Waals surface area contributed by atoms with E-state index in [0.717, 1.165) is 22.5 Å². The molecule has 0 saturated carbocycles. The van der Waals surface area contributed by atoms with Gasteiger partial charge in [-0.25, -0.2) is 0 Å². The number of benzene rings is 2. The first-order chi connectivity index (χ1) is 11.6. The molecule has 5 heteroatoms. The molecule has 1 heterocycles. The molecular weight excluding hydrogens is 336 g/mol. The van der Waals surface area contributed by atoms with Crippen molar-refractivity contribution < 1.29 is 4.79 Å². The van der Waals surface area contributed by atoms with E-state index in [9.17, 15) is 4.79 Å². The van der Waals surface area contributed by atoms with Gasteiger partial charge in [-0.1, -0.05) is 35.6 Å². The van der Waals surface area contributed by atoms with Gasteiger partial charge in [0.1, 0.15) is 0 Å². The van der Waals surface area contributed by atoms with Crippen LogP contribution in [0.3, 0.4) is 0 Å². The number of nitrogens with zero attached hydrogens (tertiary/aromatic N) is 2. The smallest absolute Gasteiger partial charge is 0.248 e. The van der Waals surface area contributed by atoms with Gasteiger partial charge in [-0.3, -0.25) is 4.79 Å². The molecule has 124 valence electrons. The van der Waals surface area contributed by atoms with Gasteiger partial charge in [0.2, 0.25) is 5.91 Å². The molecule has 0 unspecified atom stereocenters. The van der Waals surface area contributed by atoms with E-state index in [1.165, 1.54) is 15.2 Å². The van der Waals surface area contributed by atoms with Crippen LogP contribution in [0.2, 0.25) is 0 Å². The van der Waals surface area contributed by atoms with Crippen LogP contribution in [-0.4, -0.2) is 16.2 Å². The lowest BCUT2D eigenvalue weighted by atomic mass is 10.2. The predicted octanol–water partition coefficient (Wildman–Crippen LogP) is 4.55. The Morgan fingerprint density at radius 3 is 2.79 bits per heavy atom. The Morgan fingerprint density at radius 1 is 1.21 bits per heavy atom. The van der Waals surface area contributed by atoms with Crippen molar-refractivity contribution >= 4 is 39.2 Å². The largest absolute Gasteiger partial charge is 0.319 e. The van der Waals surface area contributed by atoms with Gasteiger partial charge in [-0.15, -0.1) is 11.8 Å². The highest BCUT2D eigenvalue weighted by atomic mass is 32.2. The van der Waals surface area contributed by atoms with Crippen LogP contribution in [0.4, 0.5) is 0 Å². The fourth-order valence-corrected chi connectivity index (χ4v) is 4.45. The molecule has 0 fully saturated rings. The van der Waals surface area contributed by atoms with Gasteiger partial charge < -0.3 is 4.57 Å². The van der Waals surface area contributed by atoms with Crippen LogP contribution in [0, 0.1) is 6.92 Å². The minimum atomic E-state index is -0.0393. The number of thiazole rings is 1. The minimum absolute atomic E-state index is 0.0393. The lowest BCUT2D eigenvalue weighted by Gasteiger charge is -1.99. The van der Waals surface area contributed by atoms with Gasteiger partial charge >= 0.3 is 0 Å². The van der Waals surface area contributed by atoms with Crippen molar-refractivity contribution in [1.29, 1.82) is 0 Å². The first kappa shape index (κ1) is 17.0. The summed E-state index contributed by atoms with van der Waals surface area (Å²) in [5, 5.41) is 0. The molecule has 0 bridgehead atoms. The molecule has 24 heavy (non-hydrogen) atoms. The average Bonchev–Trinajstić information content (AvgIpc) is 2.88. The van der Waals surface area contributed by atoms with Crippen LogP contribution in [0.1, 0.15) is 18.4 Å². The highest BCUT2D eigenvalue weighted by Crippen LogP contribution is 2.19. The maximum absolute atomic E-state index is 12.1. The van der Waals surface area contributed by atoms with E-state index in [1.54, 1.807) is 23.1 Å². The van der Waals surface area contributed by atoms with Gasteiger partial charge in [0, 0.05) is 18.4 Å². The number of amides is 1. The quantitative estimate of drug-likeness (QED) is 0.496. The standard InChI is InChI=1S/C19H20N2OS2/c1-14-10-11-16-17(13-14)24-19(21(16)2)20-18(22)9-6-12-23-15-7-4-3-5-8-15/h3-5,7-8,10-11,13H,6,9,12H2,1-2H3. The zero-order valence-electron chi connectivity index (χ0n) is 13.9. The first-order valence-electron chi connectivity index (χ1n) is 7.95. The molecule has 0 spiro atoms. The Balaban J connectivity index is 1.61. The number of hydrogen-bond donors (Lipinski definition) is 0. The molecule has 3 aromatic rings. The molecule has 0 saturated heterocycles. The average molecular weight is 357 g/mol. The summed E-state index contributed by atoms with van der Waals surface area (Å²) in [5.41, 5.74) is 2.34. The third-order valence-corrected chi connectivity index (χ3v) is 5.93.